The first kappa shape index (κ1) is 21.6. The van der Waals surface area contributed by atoms with Crippen molar-refractivity contribution in [1.29, 1.82) is 0 Å². The zero-order chi connectivity index (χ0) is 21.5. The molecule has 0 aliphatic carbocycles. The van der Waals surface area contributed by atoms with E-state index in [0.29, 0.717) is 12.2 Å². The maximum Gasteiger partial charge on any atom is 0.159 e. The van der Waals surface area contributed by atoms with Crippen molar-refractivity contribution in [3.05, 3.63) is 101 Å². The molecule has 4 rings (SSSR count). The van der Waals surface area contributed by atoms with Gasteiger partial charge in [0, 0.05) is 45.5 Å². The van der Waals surface area contributed by atoms with Gasteiger partial charge in [-0.3, -0.25) is 14.8 Å². The third-order valence-electron chi connectivity index (χ3n) is 5.62. The molecule has 0 spiro atoms. The van der Waals surface area contributed by atoms with Crippen molar-refractivity contribution in [3.63, 3.8) is 0 Å². The molecular formula is C25H27F2N3O. The molecule has 1 saturated heterocycles. The van der Waals surface area contributed by atoms with Crippen molar-refractivity contribution in [2.24, 2.45) is 0 Å². The average Bonchev–Trinajstić information content (AvgIpc) is 2.81. The third kappa shape index (κ3) is 5.94. The summed E-state index contributed by atoms with van der Waals surface area (Å²) in [5.41, 5.74) is 2.63. The second-order valence-electron chi connectivity index (χ2n) is 7.77. The third-order valence-corrected chi connectivity index (χ3v) is 5.62. The van der Waals surface area contributed by atoms with Gasteiger partial charge in [-0.15, -0.1) is 0 Å². The van der Waals surface area contributed by atoms with Crippen molar-refractivity contribution in [3.8, 4) is 0 Å². The zero-order valence-corrected chi connectivity index (χ0v) is 17.5. The molecule has 3 aromatic rings. The Morgan fingerprint density at radius 3 is 2.26 bits per heavy atom. The molecule has 0 saturated carbocycles. The highest BCUT2D eigenvalue weighted by atomic mass is 19.2. The minimum atomic E-state index is -0.856. The van der Waals surface area contributed by atoms with Crippen LogP contribution in [0, 0.1) is 11.6 Å². The molecule has 1 aromatic heterocycles. The van der Waals surface area contributed by atoms with Crippen LogP contribution < -0.4 is 0 Å². The minimum Gasteiger partial charge on any atom is -0.367 e. The summed E-state index contributed by atoms with van der Waals surface area (Å²) in [6.45, 7) is 6.10. The van der Waals surface area contributed by atoms with E-state index in [1.807, 2.05) is 48.7 Å². The average molecular weight is 424 g/mol. The van der Waals surface area contributed by atoms with Crippen molar-refractivity contribution in [2.45, 2.75) is 12.6 Å². The number of hydrogen-bond acceptors (Lipinski definition) is 4. The topological polar surface area (TPSA) is 28.6 Å². The van der Waals surface area contributed by atoms with Crippen LogP contribution in [0.25, 0.3) is 0 Å². The van der Waals surface area contributed by atoms with Crippen LogP contribution in [-0.2, 0) is 11.3 Å². The second-order valence-corrected chi connectivity index (χ2v) is 7.77. The number of halogens is 2. The van der Waals surface area contributed by atoms with Crippen molar-refractivity contribution < 1.29 is 13.5 Å². The van der Waals surface area contributed by atoms with Gasteiger partial charge in [0.1, 0.15) is 6.10 Å². The lowest BCUT2D eigenvalue weighted by Crippen LogP contribution is -2.46. The molecule has 2 heterocycles. The Balaban J connectivity index is 1.31. The lowest BCUT2D eigenvalue weighted by atomic mass is 10.0. The van der Waals surface area contributed by atoms with Crippen molar-refractivity contribution >= 4 is 0 Å². The summed E-state index contributed by atoms with van der Waals surface area (Å²) in [4.78, 5) is 9.19. The highest BCUT2D eigenvalue weighted by molar-refractivity contribution is 5.30. The Morgan fingerprint density at radius 1 is 0.806 bits per heavy atom. The smallest absolute Gasteiger partial charge is 0.159 e. The summed E-state index contributed by atoms with van der Waals surface area (Å²) >= 11 is 0. The molecule has 31 heavy (non-hydrogen) atoms. The van der Waals surface area contributed by atoms with E-state index in [1.54, 1.807) is 6.07 Å². The molecule has 0 bridgehead atoms. The van der Waals surface area contributed by atoms with Crippen LogP contribution in [0.2, 0.25) is 0 Å². The van der Waals surface area contributed by atoms with Gasteiger partial charge in [0.15, 0.2) is 11.6 Å². The van der Waals surface area contributed by atoms with Gasteiger partial charge in [-0.25, -0.2) is 8.78 Å². The SMILES string of the molecule is Fc1ccc([C@@H](OCCN2CCN(Cc3ccccn3)CC2)c2ccccc2)cc1F. The first-order valence-corrected chi connectivity index (χ1v) is 10.6. The van der Waals surface area contributed by atoms with Gasteiger partial charge in [-0.1, -0.05) is 42.5 Å². The first-order chi connectivity index (χ1) is 15.2. The highest BCUT2D eigenvalue weighted by Gasteiger charge is 2.20. The van der Waals surface area contributed by atoms with E-state index in [1.165, 1.54) is 6.07 Å². The van der Waals surface area contributed by atoms with E-state index in [4.69, 9.17) is 4.74 Å². The molecule has 2 aromatic carbocycles. The zero-order valence-electron chi connectivity index (χ0n) is 17.5. The summed E-state index contributed by atoms with van der Waals surface area (Å²) in [5.74, 6) is -1.70. The van der Waals surface area contributed by atoms with Crippen LogP contribution in [-0.4, -0.2) is 54.1 Å². The van der Waals surface area contributed by atoms with E-state index >= 15 is 0 Å². The van der Waals surface area contributed by atoms with Gasteiger partial charge >= 0.3 is 0 Å². The molecule has 4 nitrogen and oxygen atoms in total. The maximum atomic E-state index is 13.8. The van der Waals surface area contributed by atoms with Crippen LogP contribution in [0.5, 0.6) is 0 Å². The Morgan fingerprint density at radius 2 is 1.55 bits per heavy atom. The van der Waals surface area contributed by atoms with Gasteiger partial charge in [0.25, 0.3) is 0 Å². The first-order valence-electron chi connectivity index (χ1n) is 10.6. The fourth-order valence-electron chi connectivity index (χ4n) is 3.88. The molecule has 0 amide bonds. The molecule has 0 radical (unpaired) electrons. The lowest BCUT2D eigenvalue weighted by Gasteiger charge is -2.34. The summed E-state index contributed by atoms with van der Waals surface area (Å²) in [7, 11) is 0. The van der Waals surface area contributed by atoms with Crippen LogP contribution >= 0.6 is 0 Å². The Bertz CT molecular complexity index is 947. The number of piperazine rings is 1. The molecule has 0 unspecified atom stereocenters. The number of pyridine rings is 1. The number of rotatable bonds is 8. The van der Waals surface area contributed by atoms with Crippen molar-refractivity contribution in [2.75, 3.05) is 39.3 Å². The van der Waals surface area contributed by atoms with E-state index in [9.17, 15) is 8.78 Å². The van der Waals surface area contributed by atoms with Gasteiger partial charge in [0.05, 0.1) is 12.3 Å². The second kappa shape index (κ2) is 10.6. The summed E-state index contributed by atoms with van der Waals surface area (Å²) in [6.07, 6.45) is 1.40. The minimum absolute atomic E-state index is 0.429. The van der Waals surface area contributed by atoms with Gasteiger partial charge in [0.2, 0.25) is 0 Å². The largest absolute Gasteiger partial charge is 0.367 e. The van der Waals surface area contributed by atoms with Crippen molar-refractivity contribution in [1.82, 2.24) is 14.8 Å². The number of nitrogens with zero attached hydrogens (tertiary/aromatic N) is 3. The Labute approximate surface area is 182 Å². The van der Waals surface area contributed by atoms with Crippen LogP contribution in [0.3, 0.4) is 0 Å². The predicted molar refractivity (Wildman–Crippen MR) is 117 cm³/mol. The Kier molecular flexibility index (Phi) is 7.35. The molecule has 0 N–H and O–H groups in total. The molecule has 1 atom stereocenters. The molecular weight excluding hydrogens is 396 g/mol. The number of aromatic nitrogens is 1. The molecule has 1 fully saturated rings. The molecule has 162 valence electrons. The summed E-state index contributed by atoms with van der Waals surface area (Å²) in [5, 5.41) is 0. The number of benzene rings is 2. The Hall–Kier alpha value is -2.67. The molecule has 1 aliphatic rings. The highest BCUT2D eigenvalue weighted by Crippen LogP contribution is 2.27. The summed E-state index contributed by atoms with van der Waals surface area (Å²) in [6, 6.07) is 19.7. The number of hydrogen-bond donors (Lipinski definition) is 0. The quantitative estimate of drug-likeness (QED) is 0.541. The van der Waals surface area contributed by atoms with E-state index in [0.717, 1.165) is 56.6 Å². The predicted octanol–water partition coefficient (Wildman–Crippen LogP) is 4.28. The standard InChI is InChI=1S/C25H27F2N3O/c26-23-10-9-21(18-24(23)27)25(20-6-2-1-3-7-20)31-17-16-29-12-14-30(15-13-29)19-22-8-4-5-11-28-22/h1-11,18,25H,12-17,19H2/t25-/m0/s1. The normalized spacial score (nSPS) is 16.3. The van der Waals surface area contributed by atoms with Gasteiger partial charge in [-0.2, -0.15) is 0 Å². The fraction of sp³-hybridized carbons (Fsp3) is 0.320. The van der Waals surface area contributed by atoms with Crippen LogP contribution in [0.1, 0.15) is 22.9 Å². The molecule has 6 heteroatoms. The van der Waals surface area contributed by atoms with Crippen LogP contribution in [0.15, 0.2) is 72.9 Å². The van der Waals surface area contributed by atoms with Crippen LogP contribution in [0.4, 0.5) is 8.78 Å². The summed E-state index contributed by atoms with van der Waals surface area (Å²) < 4.78 is 33.4. The monoisotopic (exact) mass is 423 g/mol. The van der Waals surface area contributed by atoms with E-state index in [-0.39, 0.29) is 0 Å². The van der Waals surface area contributed by atoms with E-state index in [2.05, 4.69) is 20.9 Å². The maximum absolute atomic E-state index is 13.8. The molecule has 1 aliphatic heterocycles. The van der Waals surface area contributed by atoms with Gasteiger partial charge in [-0.05, 0) is 35.4 Å². The number of ether oxygens (including phenoxy) is 1. The fourth-order valence-corrected chi connectivity index (χ4v) is 3.88. The van der Waals surface area contributed by atoms with E-state index < -0.39 is 17.7 Å². The van der Waals surface area contributed by atoms with Gasteiger partial charge < -0.3 is 4.74 Å². The lowest BCUT2D eigenvalue weighted by molar-refractivity contribution is 0.0439.